The number of benzene rings is 1. The summed E-state index contributed by atoms with van der Waals surface area (Å²) in [6.45, 7) is 2.77. The van der Waals surface area contributed by atoms with Gasteiger partial charge in [-0.2, -0.15) is 0 Å². The molecule has 1 aliphatic carbocycles. The lowest BCUT2D eigenvalue weighted by Crippen LogP contribution is -2.39. The van der Waals surface area contributed by atoms with E-state index in [-0.39, 0.29) is 17.7 Å². The first-order chi connectivity index (χ1) is 9.16. The molecule has 1 aromatic carbocycles. The molecule has 0 bridgehead atoms. The van der Waals surface area contributed by atoms with Crippen molar-refractivity contribution in [3.8, 4) is 5.75 Å². The average Bonchev–Trinajstić information content (AvgIpc) is 2.96. The summed E-state index contributed by atoms with van der Waals surface area (Å²) in [5.74, 6) is 1.26. The van der Waals surface area contributed by atoms with Crippen molar-refractivity contribution in [3.05, 3.63) is 23.8 Å². The molecular weight excluding hydrogens is 240 g/mol. The summed E-state index contributed by atoms with van der Waals surface area (Å²) in [6.07, 6.45) is 3.60. The fourth-order valence-corrected chi connectivity index (χ4v) is 3.44. The summed E-state index contributed by atoms with van der Waals surface area (Å²) in [6, 6.07) is 5.30. The number of phenols is 1. The van der Waals surface area contributed by atoms with E-state index in [1.54, 1.807) is 6.07 Å². The first-order valence-corrected chi connectivity index (χ1v) is 6.99. The van der Waals surface area contributed by atoms with Crippen LogP contribution in [0.25, 0.3) is 0 Å². The highest BCUT2D eigenvalue weighted by Gasteiger charge is 2.42. The van der Waals surface area contributed by atoms with Gasteiger partial charge in [0.2, 0.25) is 5.91 Å². The third-order valence-corrected chi connectivity index (χ3v) is 4.52. The summed E-state index contributed by atoms with van der Waals surface area (Å²) < 4.78 is 0. The number of anilines is 1. The fourth-order valence-electron chi connectivity index (χ4n) is 3.44. The molecule has 3 N–H and O–H groups in total. The van der Waals surface area contributed by atoms with Crippen molar-refractivity contribution in [1.82, 2.24) is 5.32 Å². The monoisotopic (exact) mass is 260 g/mol. The number of para-hydroxylation sites is 1. The van der Waals surface area contributed by atoms with E-state index >= 15 is 0 Å². The number of aryl methyl sites for hydroxylation is 1. The fraction of sp³-hybridized carbons (Fsp3) is 0.533. The average molecular weight is 260 g/mol. The van der Waals surface area contributed by atoms with Crippen LogP contribution >= 0.6 is 0 Å². The van der Waals surface area contributed by atoms with Crippen LogP contribution in [0, 0.1) is 18.8 Å². The topological polar surface area (TPSA) is 61.4 Å². The zero-order chi connectivity index (χ0) is 13.4. The van der Waals surface area contributed by atoms with Crippen molar-refractivity contribution in [1.29, 1.82) is 0 Å². The minimum Gasteiger partial charge on any atom is -0.505 e. The van der Waals surface area contributed by atoms with Crippen LogP contribution in [0.15, 0.2) is 18.2 Å². The highest BCUT2D eigenvalue weighted by atomic mass is 16.3. The van der Waals surface area contributed by atoms with Crippen LogP contribution in [0.2, 0.25) is 0 Å². The van der Waals surface area contributed by atoms with E-state index < -0.39 is 0 Å². The van der Waals surface area contributed by atoms with E-state index in [9.17, 15) is 9.90 Å². The molecule has 4 nitrogen and oxygen atoms in total. The van der Waals surface area contributed by atoms with E-state index in [0.717, 1.165) is 18.5 Å². The molecule has 1 heterocycles. The van der Waals surface area contributed by atoms with Crippen LogP contribution in [0.4, 0.5) is 5.69 Å². The Morgan fingerprint density at radius 3 is 3.11 bits per heavy atom. The van der Waals surface area contributed by atoms with Crippen molar-refractivity contribution >= 4 is 11.6 Å². The first-order valence-electron chi connectivity index (χ1n) is 6.99. The summed E-state index contributed by atoms with van der Waals surface area (Å²) in [5, 5.41) is 16.1. The third-order valence-electron chi connectivity index (χ3n) is 4.52. The van der Waals surface area contributed by atoms with Gasteiger partial charge in [0.05, 0.1) is 11.7 Å². The molecule has 2 aliphatic rings. The van der Waals surface area contributed by atoms with E-state index in [0.29, 0.717) is 17.5 Å². The van der Waals surface area contributed by atoms with Gasteiger partial charge in [0.25, 0.3) is 0 Å². The summed E-state index contributed by atoms with van der Waals surface area (Å²) in [7, 11) is 0. The highest BCUT2D eigenvalue weighted by molar-refractivity contribution is 5.96. The van der Waals surface area contributed by atoms with Gasteiger partial charge in [0.15, 0.2) is 0 Å². The Morgan fingerprint density at radius 1 is 1.42 bits per heavy atom. The number of aromatic hydroxyl groups is 1. The maximum atomic E-state index is 12.3. The number of nitrogens with one attached hydrogen (secondary N) is 2. The minimum absolute atomic E-state index is 0.0182. The molecule has 1 saturated heterocycles. The quantitative estimate of drug-likeness (QED) is 0.713. The summed E-state index contributed by atoms with van der Waals surface area (Å²) in [5.41, 5.74) is 1.28. The molecule has 3 atom stereocenters. The maximum Gasteiger partial charge on any atom is 0.241 e. The summed E-state index contributed by atoms with van der Waals surface area (Å²) >= 11 is 0. The molecule has 19 heavy (non-hydrogen) atoms. The van der Waals surface area contributed by atoms with Gasteiger partial charge in [-0.25, -0.2) is 0 Å². The Labute approximate surface area is 113 Å². The number of amides is 1. The van der Waals surface area contributed by atoms with Gasteiger partial charge in [0, 0.05) is 0 Å². The largest absolute Gasteiger partial charge is 0.505 e. The van der Waals surface area contributed by atoms with Crippen LogP contribution in [0.3, 0.4) is 0 Å². The Bertz CT molecular complexity index is 501. The van der Waals surface area contributed by atoms with Crippen molar-refractivity contribution in [2.24, 2.45) is 11.8 Å². The van der Waals surface area contributed by atoms with Gasteiger partial charge in [-0.15, -0.1) is 0 Å². The van der Waals surface area contributed by atoms with Gasteiger partial charge < -0.3 is 15.7 Å². The number of phenolic OH excluding ortho intramolecular Hbond substituents is 1. The van der Waals surface area contributed by atoms with Crippen molar-refractivity contribution in [2.75, 3.05) is 11.9 Å². The molecule has 0 spiro atoms. The van der Waals surface area contributed by atoms with E-state index in [1.807, 2.05) is 19.1 Å². The van der Waals surface area contributed by atoms with Gasteiger partial charge in [-0.1, -0.05) is 18.6 Å². The second-order valence-corrected chi connectivity index (χ2v) is 5.70. The molecule has 4 heteroatoms. The Kier molecular flexibility index (Phi) is 3.19. The zero-order valence-corrected chi connectivity index (χ0v) is 11.1. The SMILES string of the molecule is Cc1cccc(NC(=O)C2NCC3CCCC32)c1O. The van der Waals surface area contributed by atoms with Crippen LogP contribution in [-0.4, -0.2) is 23.6 Å². The van der Waals surface area contributed by atoms with E-state index in [2.05, 4.69) is 10.6 Å². The zero-order valence-electron chi connectivity index (χ0n) is 11.1. The van der Waals surface area contributed by atoms with Crippen molar-refractivity contribution < 1.29 is 9.90 Å². The Balaban J connectivity index is 1.73. The predicted molar refractivity (Wildman–Crippen MR) is 74.1 cm³/mol. The van der Waals surface area contributed by atoms with Gasteiger partial charge in [-0.3, -0.25) is 4.79 Å². The Morgan fingerprint density at radius 2 is 2.26 bits per heavy atom. The first kappa shape index (κ1) is 12.5. The predicted octanol–water partition coefficient (Wildman–Crippen LogP) is 2.03. The molecule has 1 aromatic rings. The molecule has 2 fully saturated rings. The molecule has 1 saturated carbocycles. The Hall–Kier alpha value is -1.55. The van der Waals surface area contributed by atoms with Crippen LogP contribution in [-0.2, 0) is 4.79 Å². The van der Waals surface area contributed by atoms with Crippen molar-refractivity contribution in [3.63, 3.8) is 0 Å². The number of hydrogen-bond acceptors (Lipinski definition) is 3. The van der Waals surface area contributed by atoms with Crippen molar-refractivity contribution in [2.45, 2.75) is 32.2 Å². The standard InChI is InChI=1S/C15H20N2O2/c1-9-4-2-7-12(14(9)18)17-15(19)13-11-6-3-5-10(11)8-16-13/h2,4,7,10-11,13,16,18H,3,5-6,8H2,1H3,(H,17,19). The molecule has 0 radical (unpaired) electrons. The van der Waals surface area contributed by atoms with Gasteiger partial charge in [-0.05, 0) is 49.8 Å². The van der Waals surface area contributed by atoms with E-state index in [1.165, 1.54) is 12.8 Å². The normalized spacial score (nSPS) is 29.2. The molecule has 3 rings (SSSR count). The number of fused-ring (bicyclic) bond motifs is 1. The smallest absolute Gasteiger partial charge is 0.241 e. The molecule has 1 aliphatic heterocycles. The van der Waals surface area contributed by atoms with Gasteiger partial charge >= 0.3 is 0 Å². The van der Waals surface area contributed by atoms with Gasteiger partial charge in [0.1, 0.15) is 5.75 Å². The lowest BCUT2D eigenvalue weighted by molar-refractivity contribution is -0.118. The lowest BCUT2D eigenvalue weighted by Gasteiger charge is -2.18. The lowest BCUT2D eigenvalue weighted by atomic mass is 9.93. The van der Waals surface area contributed by atoms with Crippen LogP contribution in [0.1, 0.15) is 24.8 Å². The summed E-state index contributed by atoms with van der Waals surface area (Å²) in [4.78, 5) is 12.3. The number of carbonyl (C=O) groups excluding carboxylic acids is 1. The molecular formula is C15H20N2O2. The van der Waals surface area contributed by atoms with E-state index in [4.69, 9.17) is 0 Å². The number of hydrogen-bond donors (Lipinski definition) is 3. The van der Waals surface area contributed by atoms with Crippen LogP contribution in [0.5, 0.6) is 5.75 Å². The molecule has 1 amide bonds. The number of rotatable bonds is 2. The second-order valence-electron chi connectivity index (χ2n) is 5.70. The highest BCUT2D eigenvalue weighted by Crippen LogP contribution is 2.38. The third kappa shape index (κ3) is 2.21. The molecule has 102 valence electrons. The minimum atomic E-state index is -0.104. The second kappa shape index (κ2) is 4.85. The number of carbonyl (C=O) groups is 1. The molecule has 3 unspecified atom stereocenters. The maximum absolute atomic E-state index is 12.3. The molecule has 0 aromatic heterocycles. The van der Waals surface area contributed by atoms with Crippen LogP contribution < -0.4 is 10.6 Å².